The Hall–Kier alpha value is -2.54. The zero-order valence-electron chi connectivity index (χ0n) is 17.9. The first-order valence-electron chi connectivity index (χ1n) is 10.6. The molecule has 4 rings (SSSR count). The lowest BCUT2D eigenvalue weighted by atomic mass is 9.95. The number of carbonyl (C=O) groups excluding carboxylic acids is 1. The van der Waals surface area contributed by atoms with Crippen LogP contribution >= 0.6 is 11.8 Å². The molecule has 0 atom stereocenters. The lowest BCUT2D eigenvalue weighted by Crippen LogP contribution is -2.18. The Morgan fingerprint density at radius 2 is 1.87 bits per heavy atom. The number of anilines is 1. The predicted octanol–water partition coefficient (Wildman–Crippen LogP) is 5.23. The van der Waals surface area contributed by atoms with Gasteiger partial charge in [0, 0.05) is 17.8 Å². The van der Waals surface area contributed by atoms with E-state index in [0.717, 1.165) is 22.2 Å². The Morgan fingerprint density at radius 1 is 1.13 bits per heavy atom. The molecule has 1 amide bonds. The zero-order chi connectivity index (χ0) is 21.1. The van der Waals surface area contributed by atoms with Gasteiger partial charge in [-0.15, -0.1) is 0 Å². The predicted molar refractivity (Wildman–Crippen MR) is 121 cm³/mol. The molecule has 0 bridgehead atoms. The van der Waals surface area contributed by atoms with Gasteiger partial charge in [0.25, 0.3) is 0 Å². The fourth-order valence-electron chi connectivity index (χ4n) is 4.13. The maximum absolute atomic E-state index is 12.7. The van der Waals surface area contributed by atoms with Crippen molar-refractivity contribution in [2.24, 2.45) is 0 Å². The second kappa shape index (κ2) is 9.08. The number of hydrogen-bond acceptors (Lipinski definition) is 4. The van der Waals surface area contributed by atoms with Crippen molar-refractivity contribution in [3.63, 3.8) is 0 Å². The second-order valence-corrected chi connectivity index (χ2v) is 8.92. The van der Waals surface area contributed by atoms with Crippen molar-refractivity contribution in [1.82, 2.24) is 19.3 Å². The average molecular weight is 424 g/mol. The van der Waals surface area contributed by atoms with Crippen LogP contribution in [0.1, 0.15) is 55.2 Å². The summed E-state index contributed by atoms with van der Waals surface area (Å²) in [6, 6.07) is 12.2. The topological polar surface area (TPSA) is 64.7 Å². The number of nitrogens with one attached hydrogen (secondary N) is 1. The van der Waals surface area contributed by atoms with Gasteiger partial charge >= 0.3 is 0 Å². The van der Waals surface area contributed by atoms with Gasteiger partial charge in [0.1, 0.15) is 5.82 Å². The molecule has 6 nitrogen and oxygen atoms in total. The zero-order valence-corrected chi connectivity index (χ0v) is 18.7. The molecule has 0 aliphatic heterocycles. The third kappa shape index (κ3) is 4.46. The highest BCUT2D eigenvalue weighted by Crippen LogP contribution is 2.34. The molecule has 158 valence electrons. The van der Waals surface area contributed by atoms with E-state index in [1.165, 1.54) is 49.6 Å². The van der Waals surface area contributed by atoms with Crippen LogP contribution in [0.4, 0.5) is 5.82 Å². The fraction of sp³-hybridized carbons (Fsp3) is 0.435. The summed E-state index contributed by atoms with van der Waals surface area (Å²) in [4.78, 5) is 17.5. The van der Waals surface area contributed by atoms with Gasteiger partial charge in [-0.25, -0.2) is 9.67 Å². The maximum Gasteiger partial charge on any atom is 0.236 e. The molecule has 0 radical (unpaired) electrons. The van der Waals surface area contributed by atoms with Crippen molar-refractivity contribution in [2.75, 3.05) is 11.1 Å². The first-order chi connectivity index (χ1) is 14.5. The Morgan fingerprint density at radius 3 is 2.60 bits per heavy atom. The molecule has 7 heteroatoms. The van der Waals surface area contributed by atoms with Gasteiger partial charge < -0.3 is 9.88 Å². The summed E-state index contributed by atoms with van der Waals surface area (Å²) in [6.45, 7) is 6.12. The normalized spacial score (nSPS) is 14.8. The van der Waals surface area contributed by atoms with Crippen LogP contribution in [0.25, 0.3) is 5.69 Å². The van der Waals surface area contributed by atoms with Crippen LogP contribution in [0.2, 0.25) is 0 Å². The molecule has 1 fully saturated rings. The molecule has 1 N–H and O–H groups in total. The third-order valence-corrected chi connectivity index (χ3v) is 6.68. The summed E-state index contributed by atoms with van der Waals surface area (Å²) in [5.74, 6) is 0.958. The van der Waals surface area contributed by atoms with E-state index in [1.807, 2.05) is 43.3 Å². The molecule has 2 heterocycles. The van der Waals surface area contributed by atoms with Crippen LogP contribution in [0.5, 0.6) is 0 Å². The molecule has 1 aliphatic carbocycles. The van der Waals surface area contributed by atoms with Gasteiger partial charge in [0.2, 0.25) is 5.91 Å². The van der Waals surface area contributed by atoms with Gasteiger partial charge in [0.15, 0.2) is 5.16 Å². The minimum absolute atomic E-state index is 0.0504. The molecule has 30 heavy (non-hydrogen) atoms. The number of amides is 1. The Kier molecular flexibility index (Phi) is 6.27. The van der Waals surface area contributed by atoms with Crippen LogP contribution in [0.3, 0.4) is 0 Å². The van der Waals surface area contributed by atoms with E-state index in [4.69, 9.17) is 4.98 Å². The van der Waals surface area contributed by atoms with E-state index in [1.54, 1.807) is 4.68 Å². The Balaban J connectivity index is 1.46. The van der Waals surface area contributed by atoms with Crippen LogP contribution in [0.15, 0.2) is 41.6 Å². The van der Waals surface area contributed by atoms with E-state index in [-0.39, 0.29) is 5.91 Å². The lowest BCUT2D eigenvalue weighted by Gasteiger charge is -2.26. The number of imidazole rings is 1. The van der Waals surface area contributed by atoms with Crippen molar-refractivity contribution >= 4 is 23.5 Å². The minimum Gasteiger partial charge on any atom is -0.320 e. The number of thioether (sulfide) groups is 1. The van der Waals surface area contributed by atoms with Crippen molar-refractivity contribution in [1.29, 1.82) is 0 Å². The number of benzene rings is 1. The van der Waals surface area contributed by atoms with Crippen molar-refractivity contribution < 1.29 is 4.79 Å². The summed E-state index contributed by atoms with van der Waals surface area (Å²) < 4.78 is 4.14. The monoisotopic (exact) mass is 423 g/mol. The molecular formula is C23H29N5OS. The standard InChI is InChI=1S/C23H29N5OS/c1-16-14-21(28(26-16)20-12-8-5-9-13-20)25-22(29)15-30-23-24-17(2)18(3)27(23)19-10-6-4-7-11-19/h5,8-9,12-14,19H,4,6-7,10-11,15H2,1-3H3,(H,25,29). The van der Waals surface area contributed by atoms with Crippen molar-refractivity contribution in [2.45, 2.75) is 64.1 Å². The number of para-hydroxylation sites is 1. The molecular weight excluding hydrogens is 394 g/mol. The molecule has 3 aromatic rings. The molecule has 0 spiro atoms. The first kappa shape index (κ1) is 20.7. The lowest BCUT2D eigenvalue weighted by molar-refractivity contribution is -0.113. The van der Waals surface area contributed by atoms with Crippen LogP contribution in [-0.2, 0) is 4.79 Å². The molecule has 0 saturated heterocycles. The molecule has 1 aliphatic rings. The molecule has 1 saturated carbocycles. The smallest absolute Gasteiger partial charge is 0.236 e. The van der Waals surface area contributed by atoms with E-state index in [0.29, 0.717) is 17.6 Å². The van der Waals surface area contributed by atoms with Crippen LogP contribution < -0.4 is 5.32 Å². The van der Waals surface area contributed by atoms with Crippen molar-refractivity contribution in [3.05, 3.63) is 53.5 Å². The van der Waals surface area contributed by atoms with Crippen LogP contribution in [-0.4, -0.2) is 31.0 Å². The number of aromatic nitrogens is 4. The quantitative estimate of drug-likeness (QED) is 0.551. The molecule has 2 aromatic heterocycles. The highest BCUT2D eigenvalue weighted by molar-refractivity contribution is 7.99. The summed E-state index contributed by atoms with van der Waals surface area (Å²) in [7, 11) is 0. The van der Waals surface area contributed by atoms with Gasteiger partial charge in [-0.1, -0.05) is 49.2 Å². The Bertz CT molecular complexity index is 1020. The number of rotatable bonds is 6. The van der Waals surface area contributed by atoms with E-state index in [2.05, 4.69) is 28.8 Å². The SMILES string of the molecule is Cc1cc(NC(=O)CSc2nc(C)c(C)n2C2CCCCC2)n(-c2ccccc2)n1. The van der Waals surface area contributed by atoms with E-state index < -0.39 is 0 Å². The highest BCUT2D eigenvalue weighted by atomic mass is 32.2. The third-order valence-electron chi connectivity index (χ3n) is 5.73. The number of hydrogen-bond donors (Lipinski definition) is 1. The van der Waals surface area contributed by atoms with Crippen molar-refractivity contribution in [3.8, 4) is 5.69 Å². The summed E-state index contributed by atoms with van der Waals surface area (Å²) in [5.41, 5.74) is 4.07. The number of carbonyl (C=O) groups is 1. The molecule has 1 aromatic carbocycles. The van der Waals surface area contributed by atoms with Crippen LogP contribution in [0, 0.1) is 20.8 Å². The fourth-order valence-corrected chi connectivity index (χ4v) is 5.09. The highest BCUT2D eigenvalue weighted by Gasteiger charge is 2.22. The number of nitrogens with zero attached hydrogens (tertiary/aromatic N) is 4. The maximum atomic E-state index is 12.7. The number of aryl methyl sites for hydroxylation is 2. The van der Waals surface area contributed by atoms with Gasteiger partial charge in [-0.05, 0) is 45.7 Å². The Labute approximate surface area is 182 Å². The summed E-state index contributed by atoms with van der Waals surface area (Å²) >= 11 is 1.52. The second-order valence-electron chi connectivity index (χ2n) is 7.98. The van der Waals surface area contributed by atoms with E-state index in [9.17, 15) is 4.79 Å². The first-order valence-corrected chi connectivity index (χ1v) is 11.6. The van der Waals surface area contributed by atoms with Gasteiger partial charge in [-0.3, -0.25) is 4.79 Å². The minimum atomic E-state index is -0.0504. The van der Waals surface area contributed by atoms with Gasteiger partial charge in [-0.2, -0.15) is 5.10 Å². The summed E-state index contributed by atoms with van der Waals surface area (Å²) in [5, 5.41) is 8.50. The van der Waals surface area contributed by atoms with E-state index >= 15 is 0 Å². The average Bonchev–Trinajstić information content (AvgIpc) is 3.26. The van der Waals surface area contributed by atoms with Gasteiger partial charge in [0.05, 0.1) is 22.8 Å². The largest absolute Gasteiger partial charge is 0.320 e. The molecule has 0 unspecified atom stereocenters. The summed E-state index contributed by atoms with van der Waals surface area (Å²) in [6.07, 6.45) is 6.27.